The first-order valence-electron chi connectivity index (χ1n) is 15.2. The van der Waals surface area contributed by atoms with Crippen LogP contribution in [0.5, 0.6) is 0 Å². The fourth-order valence-electron chi connectivity index (χ4n) is 4.69. The quantitative estimate of drug-likeness (QED) is 0.0929. The van der Waals surface area contributed by atoms with Gasteiger partial charge in [-0.1, -0.05) is 116 Å². The Kier molecular flexibility index (Phi) is 19.6. The first-order chi connectivity index (χ1) is 18.2. The Morgan fingerprint density at radius 2 is 1.29 bits per heavy atom. The summed E-state index contributed by atoms with van der Waals surface area (Å²) in [4.78, 5) is 10.3. The fraction of sp³-hybridized carbons (Fsp3) is 0.543. The molecule has 0 spiro atoms. The van der Waals surface area contributed by atoms with Gasteiger partial charge >= 0.3 is 0 Å². The molecule has 2 rings (SSSR count). The Labute approximate surface area is 244 Å². The molecule has 0 fully saturated rings. The summed E-state index contributed by atoms with van der Waals surface area (Å²) in [5.41, 5.74) is 7.11. The van der Waals surface area contributed by atoms with E-state index in [9.17, 15) is 0 Å². The van der Waals surface area contributed by atoms with Crippen molar-refractivity contribution in [3.05, 3.63) is 71.8 Å². The van der Waals surface area contributed by atoms with Crippen LogP contribution >= 0.6 is 0 Å². The minimum absolute atomic E-state index is 0. The SMILES string of the molecule is CCCCCCCCC/C=C/C(=Nc1ccccc1)C(CCCC)=Nc1ccc(CCC)c(CCC)c1.[Ni]. The van der Waals surface area contributed by atoms with Crippen molar-refractivity contribution in [1.82, 2.24) is 0 Å². The minimum atomic E-state index is 0. The van der Waals surface area contributed by atoms with Gasteiger partial charge in [0.15, 0.2) is 0 Å². The number of allylic oxidation sites excluding steroid dienone is 2. The summed E-state index contributed by atoms with van der Waals surface area (Å²) in [7, 11) is 0. The van der Waals surface area contributed by atoms with Crippen LogP contribution in [0.3, 0.4) is 0 Å². The summed E-state index contributed by atoms with van der Waals surface area (Å²) >= 11 is 0. The molecule has 38 heavy (non-hydrogen) atoms. The maximum atomic E-state index is 5.23. The van der Waals surface area contributed by atoms with Gasteiger partial charge in [0.2, 0.25) is 0 Å². The van der Waals surface area contributed by atoms with Gasteiger partial charge in [-0.2, -0.15) is 0 Å². The van der Waals surface area contributed by atoms with Gasteiger partial charge in [-0.05, 0) is 80.0 Å². The van der Waals surface area contributed by atoms with Crippen molar-refractivity contribution in [2.24, 2.45) is 9.98 Å². The van der Waals surface area contributed by atoms with Crippen molar-refractivity contribution in [3.63, 3.8) is 0 Å². The van der Waals surface area contributed by atoms with Crippen LogP contribution in [0, 0.1) is 0 Å². The second kappa shape index (κ2) is 21.9. The largest absolute Gasteiger partial charge is 0.251 e. The average Bonchev–Trinajstić information content (AvgIpc) is 2.91. The predicted octanol–water partition coefficient (Wildman–Crippen LogP) is 11.3. The molecule has 0 aliphatic rings. The molecule has 212 valence electrons. The van der Waals surface area contributed by atoms with E-state index in [0.29, 0.717) is 0 Å². The summed E-state index contributed by atoms with van der Waals surface area (Å²) in [5.74, 6) is 0. The van der Waals surface area contributed by atoms with E-state index in [1.165, 1.54) is 62.5 Å². The average molecular weight is 560 g/mol. The van der Waals surface area contributed by atoms with Gasteiger partial charge in [-0.3, -0.25) is 4.99 Å². The molecule has 0 atom stereocenters. The Bertz CT molecular complexity index is 959. The fourth-order valence-corrected chi connectivity index (χ4v) is 4.69. The zero-order chi connectivity index (χ0) is 26.6. The Hall–Kier alpha value is -1.99. The standard InChI is InChI=1S/C35H52N2.Ni/c1-5-9-11-12-13-14-15-16-20-26-35(36-32-23-18-17-19-24-32)34(25-10-6-2)37-33-28-27-30(21-7-3)31(29-33)22-8-4;/h17-20,23-24,26-29H,5-16,21-22,25H2,1-4H3;/b26-20+,36-35?,37-34?;. The van der Waals surface area contributed by atoms with Crippen molar-refractivity contribution in [1.29, 1.82) is 0 Å². The number of hydrogen-bond donors (Lipinski definition) is 0. The number of rotatable bonds is 19. The molecule has 0 aliphatic carbocycles. The maximum absolute atomic E-state index is 5.23. The van der Waals surface area contributed by atoms with E-state index in [1.807, 2.05) is 6.07 Å². The van der Waals surface area contributed by atoms with E-state index in [4.69, 9.17) is 9.98 Å². The van der Waals surface area contributed by atoms with Gasteiger partial charge in [0, 0.05) is 16.5 Å². The summed E-state index contributed by atoms with van der Waals surface area (Å²) in [6, 6.07) is 17.2. The molecule has 0 aliphatic heterocycles. The topological polar surface area (TPSA) is 24.7 Å². The molecule has 0 radical (unpaired) electrons. The minimum Gasteiger partial charge on any atom is -0.251 e. The third kappa shape index (κ3) is 13.7. The van der Waals surface area contributed by atoms with Crippen LogP contribution in [0.4, 0.5) is 11.4 Å². The first kappa shape index (κ1) is 34.0. The molecule has 0 saturated carbocycles. The van der Waals surface area contributed by atoms with Crippen LogP contribution in [-0.4, -0.2) is 11.4 Å². The molecule has 0 aromatic heterocycles. The second-order valence-electron chi connectivity index (χ2n) is 10.3. The third-order valence-corrected chi connectivity index (χ3v) is 6.81. The smallest absolute Gasteiger partial charge is 0.0848 e. The number of benzene rings is 2. The Morgan fingerprint density at radius 1 is 0.632 bits per heavy atom. The van der Waals surface area contributed by atoms with E-state index in [1.54, 1.807) is 0 Å². The summed E-state index contributed by atoms with van der Waals surface area (Å²) in [6.45, 7) is 9.05. The normalized spacial score (nSPS) is 12.2. The van der Waals surface area contributed by atoms with Gasteiger partial charge in [0.25, 0.3) is 0 Å². The first-order valence-corrected chi connectivity index (χ1v) is 15.2. The van der Waals surface area contributed by atoms with E-state index in [0.717, 1.165) is 67.7 Å². The van der Waals surface area contributed by atoms with Crippen LogP contribution in [-0.2, 0) is 29.3 Å². The van der Waals surface area contributed by atoms with Crippen LogP contribution < -0.4 is 0 Å². The number of nitrogens with zero attached hydrogens (tertiary/aromatic N) is 2. The molecule has 3 heteroatoms. The van der Waals surface area contributed by atoms with Crippen molar-refractivity contribution < 1.29 is 16.5 Å². The summed E-state index contributed by atoms with van der Waals surface area (Å²) in [5, 5.41) is 0. The molecular formula is C35H52N2Ni. The molecule has 0 amide bonds. The second-order valence-corrected chi connectivity index (χ2v) is 10.3. The van der Waals surface area contributed by atoms with Gasteiger partial charge < -0.3 is 0 Å². The Morgan fingerprint density at radius 3 is 1.97 bits per heavy atom. The van der Waals surface area contributed by atoms with Crippen LogP contribution in [0.1, 0.15) is 122 Å². The monoisotopic (exact) mass is 558 g/mol. The van der Waals surface area contributed by atoms with Crippen LogP contribution in [0.15, 0.2) is 70.7 Å². The van der Waals surface area contributed by atoms with Gasteiger partial charge in [-0.25, -0.2) is 4.99 Å². The van der Waals surface area contributed by atoms with Gasteiger partial charge in [0.05, 0.1) is 22.8 Å². The number of hydrogen-bond acceptors (Lipinski definition) is 2. The zero-order valence-corrected chi connectivity index (χ0v) is 25.6. The van der Waals surface area contributed by atoms with Gasteiger partial charge in [0.1, 0.15) is 0 Å². The Balaban J connectivity index is 0.00000722. The number of para-hydroxylation sites is 1. The van der Waals surface area contributed by atoms with E-state index < -0.39 is 0 Å². The summed E-state index contributed by atoms with van der Waals surface area (Å²) in [6.07, 6.45) is 22.9. The van der Waals surface area contributed by atoms with Crippen molar-refractivity contribution in [2.45, 2.75) is 124 Å². The number of aliphatic imine (C=N–C) groups is 2. The van der Waals surface area contributed by atoms with Crippen molar-refractivity contribution >= 4 is 22.8 Å². The van der Waals surface area contributed by atoms with Gasteiger partial charge in [-0.15, -0.1) is 0 Å². The van der Waals surface area contributed by atoms with Crippen LogP contribution in [0.25, 0.3) is 0 Å². The third-order valence-electron chi connectivity index (χ3n) is 6.81. The van der Waals surface area contributed by atoms with Crippen molar-refractivity contribution in [2.75, 3.05) is 0 Å². The summed E-state index contributed by atoms with van der Waals surface area (Å²) < 4.78 is 0. The van der Waals surface area contributed by atoms with E-state index >= 15 is 0 Å². The molecule has 0 saturated heterocycles. The molecule has 0 bridgehead atoms. The molecule has 0 unspecified atom stereocenters. The van der Waals surface area contributed by atoms with Crippen LogP contribution in [0.2, 0.25) is 0 Å². The zero-order valence-electron chi connectivity index (χ0n) is 24.6. The van der Waals surface area contributed by atoms with E-state index in [2.05, 4.69) is 82.3 Å². The molecule has 2 nitrogen and oxygen atoms in total. The van der Waals surface area contributed by atoms with Crippen molar-refractivity contribution in [3.8, 4) is 0 Å². The molecule has 0 N–H and O–H groups in total. The predicted molar refractivity (Wildman–Crippen MR) is 166 cm³/mol. The number of unbranched alkanes of at least 4 members (excludes halogenated alkanes) is 8. The maximum Gasteiger partial charge on any atom is 0.0848 e. The molecule has 2 aromatic carbocycles. The molecular weight excluding hydrogens is 507 g/mol. The molecule has 2 aromatic rings. The molecule has 0 heterocycles. The number of aryl methyl sites for hydroxylation is 2. The van der Waals surface area contributed by atoms with E-state index in [-0.39, 0.29) is 16.5 Å².